The SMILES string of the molecule is CCC(OC(C)=O)C(=O)OOc1cn(Cc2ccc(C(C)(C)C)cc2)c2cc(-c3ccc(OC(F)(F)F)cc3)ccc12. The van der Waals surface area contributed by atoms with Gasteiger partial charge >= 0.3 is 18.3 Å². The van der Waals surface area contributed by atoms with Gasteiger partial charge in [0.25, 0.3) is 0 Å². The summed E-state index contributed by atoms with van der Waals surface area (Å²) in [7, 11) is 0. The Morgan fingerprint density at radius 1 is 0.905 bits per heavy atom. The van der Waals surface area contributed by atoms with E-state index < -0.39 is 24.4 Å². The fraction of sp³-hybridized carbons (Fsp3) is 0.312. The quantitative estimate of drug-likeness (QED) is 0.114. The molecule has 0 aliphatic rings. The van der Waals surface area contributed by atoms with Crippen molar-refractivity contribution in [3.05, 3.63) is 84.1 Å². The fourth-order valence-corrected chi connectivity index (χ4v) is 4.43. The molecule has 0 fully saturated rings. The molecule has 0 bridgehead atoms. The third-order valence-electron chi connectivity index (χ3n) is 6.60. The molecule has 0 amide bonds. The van der Waals surface area contributed by atoms with Gasteiger partial charge in [-0.05, 0) is 58.4 Å². The zero-order valence-electron chi connectivity index (χ0n) is 24.0. The standard InChI is InChI=1S/C32H32F3NO6/c1-6-28(39-20(2)37)30(38)42-41-29-19-36(18-21-7-12-24(13-8-21)31(3,4)5)27-17-23(11-16-26(27)29)22-9-14-25(15-10-22)40-32(33,34)35/h7-17,19,28H,6,18H2,1-5H3. The molecule has 0 aliphatic carbocycles. The number of nitrogens with zero attached hydrogens (tertiary/aromatic N) is 1. The highest BCUT2D eigenvalue weighted by molar-refractivity contribution is 5.91. The molecular formula is C32H32F3NO6. The van der Waals surface area contributed by atoms with Crippen LogP contribution in [-0.4, -0.2) is 29.0 Å². The van der Waals surface area contributed by atoms with Gasteiger partial charge in [0.05, 0.1) is 11.7 Å². The van der Waals surface area contributed by atoms with Gasteiger partial charge in [-0.1, -0.05) is 70.2 Å². The van der Waals surface area contributed by atoms with Crippen LogP contribution in [0.2, 0.25) is 0 Å². The summed E-state index contributed by atoms with van der Waals surface area (Å²) < 4.78 is 48.7. The minimum atomic E-state index is -4.78. The summed E-state index contributed by atoms with van der Waals surface area (Å²) in [6.45, 7) is 9.76. The van der Waals surface area contributed by atoms with E-state index >= 15 is 0 Å². The maximum atomic E-state index is 12.6. The Kier molecular flexibility index (Phi) is 8.84. The lowest BCUT2D eigenvalue weighted by molar-refractivity contribution is -0.274. The van der Waals surface area contributed by atoms with Crippen LogP contribution in [0, 0.1) is 0 Å². The maximum absolute atomic E-state index is 12.6. The highest BCUT2D eigenvalue weighted by Crippen LogP contribution is 2.34. The van der Waals surface area contributed by atoms with E-state index in [4.69, 9.17) is 14.5 Å². The van der Waals surface area contributed by atoms with Crippen molar-refractivity contribution in [1.82, 2.24) is 4.57 Å². The lowest BCUT2D eigenvalue weighted by Crippen LogP contribution is -2.28. The lowest BCUT2D eigenvalue weighted by Gasteiger charge is -2.19. The molecule has 10 heteroatoms. The number of carbonyl (C=O) groups excluding carboxylic acids is 2. The highest BCUT2D eigenvalue weighted by atomic mass is 19.4. The summed E-state index contributed by atoms with van der Waals surface area (Å²) >= 11 is 0. The minimum absolute atomic E-state index is 0.00159. The zero-order valence-corrected chi connectivity index (χ0v) is 24.0. The summed E-state index contributed by atoms with van der Waals surface area (Å²) in [4.78, 5) is 34.3. The van der Waals surface area contributed by atoms with E-state index in [1.165, 1.54) is 24.6 Å². The molecule has 1 heterocycles. The number of alkyl halides is 3. The summed E-state index contributed by atoms with van der Waals surface area (Å²) in [6, 6.07) is 19.3. The van der Waals surface area contributed by atoms with E-state index in [1.807, 2.05) is 22.8 Å². The van der Waals surface area contributed by atoms with E-state index in [0.717, 1.165) is 16.6 Å². The smallest absolute Gasteiger partial charge is 0.450 e. The molecule has 222 valence electrons. The van der Waals surface area contributed by atoms with Crippen LogP contribution in [0.15, 0.2) is 72.9 Å². The molecule has 1 atom stereocenters. The average molecular weight is 584 g/mol. The van der Waals surface area contributed by atoms with E-state index in [1.54, 1.807) is 37.4 Å². The number of hydrogen-bond donors (Lipinski definition) is 0. The second kappa shape index (κ2) is 12.2. The van der Waals surface area contributed by atoms with Crippen LogP contribution >= 0.6 is 0 Å². The van der Waals surface area contributed by atoms with E-state index in [9.17, 15) is 22.8 Å². The van der Waals surface area contributed by atoms with Crippen LogP contribution in [-0.2, 0) is 31.2 Å². The van der Waals surface area contributed by atoms with E-state index in [-0.39, 0.29) is 23.3 Å². The molecule has 0 aliphatic heterocycles. The van der Waals surface area contributed by atoms with Crippen LogP contribution in [0.3, 0.4) is 0 Å². The number of rotatable bonds is 9. The van der Waals surface area contributed by atoms with E-state index in [0.29, 0.717) is 17.5 Å². The number of aromatic nitrogens is 1. The maximum Gasteiger partial charge on any atom is 0.573 e. The number of fused-ring (bicyclic) bond motifs is 1. The molecule has 3 aromatic carbocycles. The molecule has 1 aromatic heterocycles. The molecule has 4 rings (SSSR count). The monoisotopic (exact) mass is 583 g/mol. The molecule has 0 saturated carbocycles. The van der Waals surface area contributed by atoms with Gasteiger partial charge < -0.3 is 14.0 Å². The van der Waals surface area contributed by atoms with Crippen molar-refractivity contribution in [1.29, 1.82) is 0 Å². The first-order valence-corrected chi connectivity index (χ1v) is 13.4. The van der Waals surface area contributed by atoms with Crippen LogP contribution in [0.1, 0.15) is 52.2 Å². The Morgan fingerprint density at radius 2 is 1.55 bits per heavy atom. The van der Waals surface area contributed by atoms with Crippen molar-refractivity contribution in [2.45, 2.75) is 65.5 Å². The van der Waals surface area contributed by atoms with Crippen molar-refractivity contribution in [2.24, 2.45) is 0 Å². The number of benzene rings is 3. The van der Waals surface area contributed by atoms with Gasteiger partial charge in [-0.25, -0.2) is 9.68 Å². The van der Waals surface area contributed by atoms with Crippen molar-refractivity contribution >= 4 is 22.8 Å². The van der Waals surface area contributed by atoms with Crippen LogP contribution in [0.4, 0.5) is 13.2 Å². The average Bonchev–Trinajstić information content (AvgIpc) is 3.26. The molecule has 0 radical (unpaired) electrons. The number of hydrogen-bond acceptors (Lipinski definition) is 6. The normalized spacial score (nSPS) is 12.6. The first kappa shape index (κ1) is 30.5. The van der Waals surface area contributed by atoms with E-state index in [2.05, 4.69) is 37.6 Å². The summed E-state index contributed by atoms with van der Waals surface area (Å²) in [5, 5.41) is 0.635. The lowest BCUT2D eigenvalue weighted by atomic mass is 9.87. The van der Waals surface area contributed by atoms with Crippen molar-refractivity contribution in [3.63, 3.8) is 0 Å². The molecule has 7 nitrogen and oxygen atoms in total. The second-order valence-electron chi connectivity index (χ2n) is 10.9. The first-order chi connectivity index (χ1) is 19.7. The summed E-state index contributed by atoms with van der Waals surface area (Å²) in [5.74, 6) is -1.50. The van der Waals surface area contributed by atoms with Gasteiger partial charge in [0.2, 0.25) is 11.9 Å². The second-order valence-corrected chi connectivity index (χ2v) is 10.9. The summed E-state index contributed by atoms with van der Waals surface area (Å²) in [6.07, 6.45) is -3.97. The fourth-order valence-electron chi connectivity index (χ4n) is 4.43. The van der Waals surface area contributed by atoms with Crippen molar-refractivity contribution in [2.75, 3.05) is 0 Å². The molecule has 1 unspecified atom stereocenters. The molecular weight excluding hydrogens is 551 g/mol. The van der Waals surface area contributed by atoms with Crippen LogP contribution in [0.5, 0.6) is 11.5 Å². The molecule has 0 spiro atoms. The Bertz CT molecular complexity index is 1550. The predicted molar refractivity (Wildman–Crippen MR) is 151 cm³/mol. The molecule has 0 saturated heterocycles. The number of ether oxygens (including phenoxy) is 2. The van der Waals surface area contributed by atoms with Gasteiger partial charge in [0.1, 0.15) is 5.75 Å². The Hall–Kier alpha value is -4.47. The predicted octanol–water partition coefficient (Wildman–Crippen LogP) is 7.73. The topological polar surface area (TPSA) is 76.0 Å². The molecule has 42 heavy (non-hydrogen) atoms. The van der Waals surface area contributed by atoms with Crippen LogP contribution in [0.25, 0.3) is 22.0 Å². The van der Waals surface area contributed by atoms with Crippen LogP contribution < -0.4 is 9.62 Å². The number of halogens is 3. The molecule has 0 N–H and O–H groups in total. The van der Waals surface area contributed by atoms with Crippen molar-refractivity contribution < 1.29 is 42.0 Å². The zero-order chi connectivity index (χ0) is 30.7. The Labute approximate surface area is 241 Å². The first-order valence-electron chi connectivity index (χ1n) is 13.4. The van der Waals surface area contributed by atoms with Gasteiger partial charge in [-0.3, -0.25) is 9.68 Å². The van der Waals surface area contributed by atoms with Gasteiger partial charge in [0, 0.05) is 18.9 Å². The van der Waals surface area contributed by atoms with Gasteiger partial charge in [-0.15, -0.1) is 13.2 Å². The molecule has 4 aromatic rings. The van der Waals surface area contributed by atoms with Gasteiger partial charge in [-0.2, -0.15) is 0 Å². The minimum Gasteiger partial charge on any atom is -0.450 e. The van der Waals surface area contributed by atoms with Gasteiger partial charge in [0.15, 0.2) is 0 Å². The Morgan fingerprint density at radius 3 is 2.12 bits per heavy atom. The number of carbonyl (C=O) groups is 2. The highest BCUT2D eigenvalue weighted by Gasteiger charge is 2.31. The third-order valence-corrected chi connectivity index (χ3v) is 6.60. The third kappa shape index (κ3) is 7.63. The Balaban J connectivity index is 1.67. The summed E-state index contributed by atoms with van der Waals surface area (Å²) in [5.41, 5.74) is 4.37. The van der Waals surface area contributed by atoms with Crippen molar-refractivity contribution in [3.8, 4) is 22.6 Å². The number of esters is 1. The largest absolute Gasteiger partial charge is 0.573 e.